The van der Waals surface area contributed by atoms with Crippen molar-refractivity contribution >= 4 is 75.8 Å². The Bertz CT molecular complexity index is 2540. The quantitative estimate of drug-likeness (QED) is 0.0413. The monoisotopic (exact) mass is 971 g/mol. The zero-order valence-electron chi connectivity index (χ0n) is 38.1. The largest absolute Gasteiger partial charge is 0.489 e. The Balaban J connectivity index is 0.774. The number of nitrogens with two attached hydrogens (primary N) is 1. The molecule has 4 aromatic rings. The van der Waals surface area contributed by atoms with E-state index in [1.54, 1.807) is 40.1 Å². The first kappa shape index (κ1) is 49.6. The lowest BCUT2D eigenvalue weighted by atomic mass is 10.0. The van der Waals surface area contributed by atoms with Crippen molar-refractivity contribution in [3.63, 3.8) is 0 Å². The summed E-state index contributed by atoms with van der Waals surface area (Å²) in [5.41, 5.74) is 9.47. The number of nitrogens with zero attached hydrogens (tertiary/aromatic N) is 5. The SMILES string of the molecule is C[C@@H]1CN(C(=O)c2ccc(NC(=O)c3cc(OCCc4c(Cl)ccc(F)c4Cl)c(N)nn3)cc2)C[C@H](C)N1C(=O)CCCCCCCCCNc1cccc2c1CN([C@@H]1CCC(=O)NC1=O)C2=O. The summed E-state index contributed by atoms with van der Waals surface area (Å²) in [5.74, 6) is -2.11. The van der Waals surface area contributed by atoms with Gasteiger partial charge >= 0.3 is 0 Å². The van der Waals surface area contributed by atoms with E-state index in [0.717, 1.165) is 62.7 Å². The molecule has 0 bridgehead atoms. The Hall–Kier alpha value is -6.33. The van der Waals surface area contributed by atoms with Crippen molar-refractivity contribution in [3.8, 4) is 5.75 Å². The molecule has 0 spiro atoms. The second-order valence-corrected chi connectivity index (χ2v) is 18.3. The summed E-state index contributed by atoms with van der Waals surface area (Å²) in [6, 6.07) is 15.1. The Kier molecular flexibility index (Phi) is 16.5. The van der Waals surface area contributed by atoms with E-state index in [2.05, 4.69) is 26.1 Å². The van der Waals surface area contributed by atoms with Gasteiger partial charge in [-0.3, -0.25) is 34.1 Å². The molecule has 7 rings (SSSR count). The van der Waals surface area contributed by atoms with Gasteiger partial charge in [-0.25, -0.2) is 4.39 Å². The highest BCUT2D eigenvalue weighted by Gasteiger charge is 2.40. The first-order valence-electron chi connectivity index (χ1n) is 23.1. The van der Waals surface area contributed by atoms with E-state index >= 15 is 0 Å². The molecular weight excluding hydrogens is 916 g/mol. The fourth-order valence-corrected chi connectivity index (χ4v) is 9.67. The lowest BCUT2D eigenvalue weighted by Crippen LogP contribution is -2.59. The highest BCUT2D eigenvalue weighted by atomic mass is 35.5. The molecule has 2 fully saturated rings. The number of anilines is 3. The number of rotatable bonds is 19. The lowest BCUT2D eigenvalue weighted by Gasteiger charge is -2.44. The smallest absolute Gasteiger partial charge is 0.276 e. The molecule has 360 valence electrons. The highest BCUT2D eigenvalue weighted by Crippen LogP contribution is 2.33. The van der Waals surface area contributed by atoms with Gasteiger partial charge in [0, 0.05) is 96.7 Å². The summed E-state index contributed by atoms with van der Waals surface area (Å²) >= 11 is 12.2. The maximum atomic E-state index is 13.9. The summed E-state index contributed by atoms with van der Waals surface area (Å²) in [4.78, 5) is 82.5. The van der Waals surface area contributed by atoms with Crippen molar-refractivity contribution in [3.05, 3.63) is 104 Å². The standard InChI is InChI=1S/C49H56Cl2FN9O7/c1-29-26-59(48(66)31-14-16-32(17-15-31)55-46(64)39-25-41(45(53)58-57-39)68-24-22-34-36(50)18-19-37(52)44(34)51)27-30(2)61(29)43(63)13-8-6-4-3-5-7-9-23-54-38-12-10-11-33-35(38)28-60(49(33)67)40-20-21-42(62)56-47(40)65/h10-12,14-19,25,29-30,40,54H,3-9,13,20-24,26-28H2,1-2H3,(H2,53,58)(H,55,64)(H,56,62,65)/t29-,30+,40-/m1/s1. The van der Waals surface area contributed by atoms with Crippen LogP contribution in [0.3, 0.4) is 0 Å². The fraction of sp³-hybridized carbons (Fsp3) is 0.429. The second-order valence-electron chi connectivity index (χ2n) is 17.5. The summed E-state index contributed by atoms with van der Waals surface area (Å²) in [7, 11) is 0. The number of amides is 6. The van der Waals surface area contributed by atoms with E-state index in [1.807, 2.05) is 30.9 Å². The lowest BCUT2D eigenvalue weighted by molar-refractivity contribution is -0.139. The molecule has 68 heavy (non-hydrogen) atoms. The molecule has 3 atom stereocenters. The van der Waals surface area contributed by atoms with Crippen LogP contribution < -0.4 is 26.4 Å². The number of ether oxygens (including phenoxy) is 1. The van der Waals surface area contributed by atoms with Gasteiger partial charge in [0.15, 0.2) is 17.3 Å². The maximum absolute atomic E-state index is 13.9. The number of aromatic nitrogens is 2. The Morgan fingerprint density at radius 3 is 2.34 bits per heavy atom. The number of piperidine rings is 1. The number of carbonyl (C=O) groups excluding carboxylic acids is 6. The van der Waals surface area contributed by atoms with Crippen molar-refractivity contribution in [2.75, 3.05) is 42.6 Å². The summed E-state index contributed by atoms with van der Waals surface area (Å²) < 4.78 is 19.6. The molecule has 0 unspecified atom stereocenters. The Morgan fingerprint density at radius 2 is 1.62 bits per heavy atom. The van der Waals surface area contributed by atoms with Gasteiger partial charge in [-0.1, -0.05) is 61.4 Å². The van der Waals surface area contributed by atoms with Gasteiger partial charge in [0.2, 0.25) is 17.7 Å². The van der Waals surface area contributed by atoms with E-state index in [-0.39, 0.29) is 82.5 Å². The first-order chi connectivity index (χ1) is 32.7. The molecule has 3 aliphatic rings. The number of nitrogen functional groups attached to an aromatic ring is 1. The minimum Gasteiger partial charge on any atom is -0.489 e. The number of nitrogens with one attached hydrogen (secondary N) is 3. The molecule has 2 saturated heterocycles. The molecule has 0 radical (unpaired) electrons. The fourth-order valence-electron chi connectivity index (χ4n) is 9.11. The average molecular weight is 973 g/mol. The molecular formula is C49H56Cl2FN9O7. The molecule has 3 aliphatic heterocycles. The number of fused-ring (bicyclic) bond motifs is 1. The predicted octanol–water partition coefficient (Wildman–Crippen LogP) is 7.43. The van der Waals surface area contributed by atoms with E-state index in [0.29, 0.717) is 54.9 Å². The number of piperazine rings is 1. The highest BCUT2D eigenvalue weighted by molar-refractivity contribution is 6.36. The van der Waals surface area contributed by atoms with Crippen molar-refractivity contribution in [2.45, 2.75) is 109 Å². The van der Waals surface area contributed by atoms with E-state index in [1.165, 1.54) is 18.2 Å². The number of benzene rings is 3. The molecule has 16 nitrogen and oxygen atoms in total. The zero-order chi connectivity index (χ0) is 48.5. The predicted molar refractivity (Wildman–Crippen MR) is 256 cm³/mol. The molecule has 19 heteroatoms. The van der Waals surface area contributed by atoms with Crippen LogP contribution in [0.2, 0.25) is 10.0 Å². The van der Waals surface area contributed by atoms with Crippen LogP contribution in [0, 0.1) is 5.82 Å². The second kappa shape index (κ2) is 22.6. The normalized spacial score (nSPS) is 18.0. The third-order valence-electron chi connectivity index (χ3n) is 12.6. The van der Waals surface area contributed by atoms with Crippen molar-refractivity contribution < 1.29 is 37.9 Å². The Morgan fingerprint density at radius 1 is 0.912 bits per heavy atom. The van der Waals surface area contributed by atoms with Crippen LogP contribution in [0.4, 0.5) is 21.6 Å². The molecule has 6 amide bonds. The summed E-state index contributed by atoms with van der Waals surface area (Å²) in [6.45, 7) is 5.85. The van der Waals surface area contributed by atoms with E-state index in [9.17, 15) is 33.2 Å². The number of unbranched alkanes of at least 4 members (excludes halogenated alkanes) is 6. The van der Waals surface area contributed by atoms with Gasteiger partial charge in [-0.15, -0.1) is 10.2 Å². The van der Waals surface area contributed by atoms with Crippen molar-refractivity contribution in [2.24, 2.45) is 0 Å². The van der Waals surface area contributed by atoms with Crippen LogP contribution in [-0.2, 0) is 27.3 Å². The molecule has 1 aromatic heterocycles. The minimum absolute atomic E-state index is 0.0202. The zero-order valence-corrected chi connectivity index (χ0v) is 39.6. The van der Waals surface area contributed by atoms with Gasteiger partial charge in [-0.2, -0.15) is 0 Å². The van der Waals surface area contributed by atoms with Crippen molar-refractivity contribution in [1.82, 2.24) is 30.2 Å². The molecule has 3 aromatic carbocycles. The summed E-state index contributed by atoms with van der Waals surface area (Å²) in [5, 5.41) is 16.5. The van der Waals surface area contributed by atoms with Crippen molar-refractivity contribution in [1.29, 1.82) is 0 Å². The first-order valence-corrected chi connectivity index (χ1v) is 23.9. The van der Waals surface area contributed by atoms with Gasteiger partial charge in [0.1, 0.15) is 11.9 Å². The van der Waals surface area contributed by atoms with Gasteiger partial charge in [0.05, 0.1) is 11.6 Å². The molecule has 5 N–H and O–H groups in total. The number of hydrogen-bond acceptors (Lipinski definition) is 11. The van der Waals surface area contributed by atoms with E-state index < -0.39 is 23.7 Å². The number of imide groups is 1. The summed E-state index contributed by atoms with van der Waals surface area (Å²) in [6.07, 6.45) is 8.17. The minimum atomic E-state index is -0.639. The average Bonchev–Trinajstić information content (AvgIpc) is 3.65. The number of halogens is 3. The van der Waals surface area contributed by atoms with E-state index in [4.69, 9.17) is 33.7 Å². The van der Waals surface area contributed by atoms with Gasteiger partial charge < -0.3 is 35.8 Å². The van der Waals surface area contributed by atoms with Crippen LogP contribution in [0.1, 0.15) is 120 Å². The third-order valence-corrected chi connectivity index (χ3v) is 13.4. The van der Waals surface area contributed by atoms with Crippen LogP contribution in [0.15, 0.2) is 60.7 Å². The van der Waals surface area contributed by atoms with Crippen LogP contribution in [0.5, 0.6) is 5.75 Å². The van der Waals surface area contributed by atoms with Crippen LogP contribution >= 0.6 is 23.2 Å². The van der Waals surface area contributed by atoms with Gasteiger partial charge in [-0.05, 0) is 87.2 Å². The van der Waals surface area contributed by atoms with Gasteiger partial charge in [0.25, 0.3) is 17.7 Å². The molecule has 4 heterocycles. The maximum Gasteiger partial charge on any atom is 0.276 e. The van der Waals surface area contributed by atoms with Crippen LogP contribution in [-0.4, -0.2) is 105 Å². The topological polar surface area (TPSA) is 209 Å². The molecule has 0 aliphatic carbocycles. The number of carbonyl (C=O) groups is 6. The number of hydrogen-bond donors (Lipinski definition) is 4. The molecule has 0 saturated carbocycles. The Labute approximate surface area is 404 Å². The van der Waals surface area contributed by atoms with Crippen LogP contribution in [0.25, 0.3) is 0 Å². The third kappa shape index (κ3) is 11.8.